The highest BCUT2D eigenvalue weighted by molar-refractivity contribution is 5.53. The van der Waals surface area contributed by atoms with Gasteiger partial charge in [-0.15, -0.1) is 0 Å². The van der Waals surface area contributed by atoms with E-state index in [-0.39, 0.29) is 0 Å². The van der Waals surface area contributed by atoms with Crippen LogP contribution in [0.25, 0.3) is 11.5 Å². The molecule has 1 N–H and O–H groups in total. The van der Waals surface area contributed by atoms with Crippen LogP contribution < -0.4 is 5.32 Å². The predicted molar refractivity (Wildman–Crippen MR) is 83.4 cm³/mol. The van der Waals surface area contributed by atoms with Gasteiger partial charge in [0.1, 0.15) is 12.2 Å². The topological polar surface area (TPSA) is 81.7 Å². The molecule has 3 aromatic rings. The maximum Gasteiger partial charge on any atom is 0.257 e. The number of benzene rings is 1. The van der Waals surface area contributed by atoms with Crippen LogP contribution in [0.4, 0.5) is 0 Å². The molecule has 118 valence electrons. The number of aromatic nitrogens is 5. The lowest BCUT2D eigenvalue weighted by molar-refractivity contribution is 0.350. The number of nitrogens with one attached hydrogen (secondary N) is 1. The standard InChI is InChI=1S/C16H18N6O/c1-11-3-2-4-12(7-11)16-20-14(21-23-16)8-17-13-5-6-15-18-10-19-22(15)9-13/h2-4,7,10,13,17H,5-6,8-9H2,1H3/t13-/m0/s1. The molecule has 7 heteroatoms. The number of aryl methyl sites for hydroxylation is 2. The molecule has 0 aliphatic carbocycles. The van der Waals surface area contributed by atoms with Crippen molar-refractivity contribution in [2.75, 3.05) is 0 Å². The Morgan fingerprint density at radius 3 is 3.26 bits per heavy atom. The zero-order valence-corrected chi connectivity index (χ0v) is 12.9. The molecule has 1 aromatic carbocycles. The number of hydrogen-bond acceptors (Lipinski definition) is 6. The molecule has 0 bridgehead atoms. The summed E-state index contributed by atoms with van der Waals surface area (Å²) in [6, 6.07) is 8.41. The maximum atomic E-state index is 5.36. The van der Waals surface area contributed by atoms with Crippen molar-refractivity contribution >= 4 is 0 Å². The lowest BCUT2D eigenvalue weighted by atomic mass is 10.1. The molecule has 4 rings (SSSR count). The van der Waals surface area contributed by atoms with Gasteiger partial charge in [-0.1, -0.05) is 22.9 Å². The molecule has 0 amide bonds. The van der Waals surface area contributed by atoms with E-state index in [1.165, 1.54) is 5.56 Å². The van der Waals surface area contributed by atoms with Crippen LogP contribution in [0.3, 0.4) is 0 Å². The molecule has 1 aliphatic rings. The Labute approximate surface area is 133 Å². The van der Waals surface area contributed by atoms with Crippen LogP contribution in [0.15, 0.2) is 35.1 Å². The van der Waals surface area contributed by atoms with E-state index >= 15 is 0 Å². The molecule has 3 heterocycles. The van der Waals surface area contributed by atoms with Gasteiger partial charge in [0.05, 0.1) is 13.1 Å². The second-order valence-corrected chi connectivity index (χ2v) is 5.86. The number of hydrogen-bond donors (Lipinski definition) is 1. The summed E-state index contributed by atoms with van der Waals surface area (Å²) in [6.07, 6.45) is 3.60. The maximum absolute atomic E-state index is 5.36. The van der Waals surface area contributed by atoms with Crippen LogP contribution in [0.2, 0.25) is 0 Å². The lowest BCUT2D eigenvalue weighted by Crippen LogP contribution is -2.37. The monoisotopic (exact) mass is 310 g/mol. The van der Waals surface area contributed by atoms with E-state index in [0.29, 0.717) is 24.3 Å². The molecule has 0 spiro atoms. The minimum atomic E-state index is 0.352. The molecule has 7 nitrogen and oxygen atoms in total. The summed E-state index contributed by atoms with van der Waals surface area (Å²) in [7, 11) is 0. The van der Waals surface area contributed by atoms with E-state index in [4.69, 9.17) is 4.52 Å². The number of nitrogens with zero attached hydrogens (tertiary/aromatic N) is 5. The third-order valence-electron chi connectivity index (χ3n) is 4.09. The van der Waals surface area contributed by atoms with E-state index in [2.05, 4.69) is 25.5 Å². The van der Waals surface area contributed by atoms with Crippen molar-refractivity contribution in [3.8, 4) is 11.5 Å². The zero-order chi connectivity index (χ0) is 15.6. The first-order chi connectivity index (χ1) is 11.3. The van der Waals surface area contributed by atoms with Gasteiger partial charge < -0.3 is 9.84 Å². The summed E-state index contributed by atoms with van der Waals surface area (Å²) >= 11 is 0. The first kappa shape index (κ1) is 14.1. The third kappa shape index (κ3) is 3.00. The van der Waals surface area contributed by atoms with E-state index in [9.17, 15) is 0 Å². The van der Waals surface area contributed by atoms with Gasteiger partial charge in [-0.2, -0.15) is 10.1 Å². The van der Waals surface area contributed by atoms with Gasteiger partial charge in [0.2, 0.25) is 0 Å². The van der Waals surface area contributed by atoms with Gasteiger partial charge >= 0.3 is 0 Å². The van der Waals surface area contributed by atoms with Crippen molar-refractivity contribution in [3.63, 3.8) is 0 Å². The second kappa shape index (κ2) is 5.92. The van der Waals surface area contributed by atoms with Crippen molar-refractivity contribution in [1.29, 1.82) is 0 Å². The Bertz CT molecular complexity index is 808. The molecule has 23 heavy (non-hydrogen) atoms. The lowest BCUT2D eigenvalue weighted by Gasteiger charge is -2.22. The van der Waals surface area contributed by atoms with E-state index in [0.717, 1.165) is 30.8 Å². The molecule has 1 atom stereocenters. The van der Waals surface area contributed by atoms with Crippen LogP contribution in [0, 0.1) is 6.92 Å². The minimum absolute atomic E-state index is 0.352. The van der Waals surface area contributed by atoms with Crippen LogP contribution >= 0.6 is 0 Å². The van der Waals surface area contributed by atoms with E-state index in [1.54, 1.807) is 6.33 Å². The first-order valence-corrected chi connectivity index (χ1v) is 7.77. The molecule has 0 saturated heterocycles. The molecular formula is C16H18N6O. The van der Waals surface area contributed by atoms with Crippen LogP contribution in [-0.2, 0) is 19.5 Å². The molecular weight excluding hydrogens is 292 g/mol. The molecule has 0 radical (unpaired) electrons. The average Bonchev–Trinajstić information content (AvgIpc) is 3.21. The van der Waals surface area contributed by atoms with Gasteiger partial charge in [-0.05, 0) is 25.5 Å². The van der Waals surface area contributed by atoms with Crippen molar-refractivity contribution in [2.45, 2.75) is 38.9 Å². The summed E-state index contributed by atoms with van der Waals surface area (Å²) in [5.41, 5.74) is 2.12. The minimum Gasteiger partial charge on any atom is -0.334 e. The fourth-order valence-electron chi connectivity index (χ4n) is 2.86. The fraction of sp³-hybridized carbons (Fsp3) is 0.375. The zero-order valence-electron chi connectivity index (χ0n) is 12.9. The Morgan fingerprint density at radius 2 is 2.35 bits per heavy atom. The van der Waals surface area contributed by atoms with Gasteiger partial charge in [0, 0.05) is 18.0 Å². The average molecular weight is 310 g/mol. The quantitative estimate of drug-likeness (QED) is 0.790. The summed E-state index contributed by atoms with van der Waals surface area (Å²) < 4.78 is 7.31. The van der Waals surface area contributed by atoms with Gasteiger partial charge in [0.25, 0.3) is 5.89 Å². The summed E-state index contributed by atoms with van der Waals surface area (Å²) in [5.74, 6) is 2.29. The van der Waals surface area contributed by atoms with Crippen molar-refractivity contribution in [1.82, 2.24) is 30.2 Å². The molecule has 1 aliphatic heterocycles. The van der Waals surface area contributed by atoms with Crippen molar-refractivity contribution < 1.29 is 4.52 Å². The Kier molecular flexibility index (Phi) is 3.63. The Morgan fingerprint density at radius 1 is 1.39 bits per heavy atom. The molecule has 2 aromatic heterocycles. The Balaban J connectivity index is 1.39. The van der Waals surface area contributed by atoms with Crippen LogP contribution in [0.5, 0.6) is 0 Å². The highest BCUT2D eigenvalue weighted by atomic mass is 16.5. The van der Waals surface area contributed by atoms with Crippen molar-refractivity contribution in [2.24, 2.45) is 0 Å². The fourth-order valence-corrected chi connectivity index (χ4v) is 2.86. The highest BCUT2D eigenvalue weighted by Gasteiger charge is 2.20. The third-order valence-corrected chi connectivity index (χ3v) is 4.09. The Hall–Kier alpha value is -2.54. The molecule has 0 unspecified atom stereocenters. The van der Waals surface area contributed by atoms with Crippen LogP contribution in [0.1, 0.15) is 23.6 Å². The normalized spacial score (nSPS) is 17.2. The summed E-state index contributed by atoms with van der Waals surface area (Å²) in [6.45, 7) is 3.46. The highest BCUT2D eigenvalue weighted by Crippen LogP contribution is 2.18. The van der Waals surface area contributed by atoms with Crippen LogP contribution in [-0.4, -0.2) is 30.9 Å². The first-order valence-electron chi connectivity index (χ1n) is 7.77. The molecule has 0 fully saturated rings. The van der Waals surface area contributed by atoms with Gasteiger partial charge in [-0.25, -0.2) is 9.67 Å². The van der Waals surface area contributed by atoms with E-state index in [1.807, 2.05) is 35.9 Å². The molecule has 0 saturated carbocycles. The summed E-state index contributed by atoms with van der Waals surface area (Å²) in [5, 5.41) is 11.8. The van der Waals surface area contributed by atoms with E-state index < -0.39 is 0 Å². The largest absolute Gasteiger partial charge is 0.334 e. The summed E-state index contributed by atoms with van der Waals surface area (Å²) in [4.78, 5) is 8.70. The number of rotatable bonds is 4. The smallest absolute Gasteiger partial charge is 0.257 e. The second-order valence-electron chi connectivity index (χ2n) is 5.86. The van der Waals surface area contributed by atoms with Gasteiger partial charge in [0.15, 0.2) is 5.82 Å². The predicted octanol–water partition coefficient (Wildman–Crippen LogP) is 1.74. The van der Waals surface area contributed by atoms with Gasteiger partial charge in [-0.3, -0.25) is 0 Å². The SMILES string of the molecule is Cc1cccc(-c2nc(CN[C@H]3CCc4ncnn4C3)no2)c1. The van der Waals surface area contributed by atoms with Crippen molar-refractivity contribution in [3.05, 3.63) is 47.8 Å². The number of fused-ring (bicyclic) bond motifs is 1.